The van der Waals surface area contributed by atoms with Gasteiger partial charge in [0.15, 0.2) is 0 Å². The van der Waals surface area contributed by atoms with Crippen molar-refractivity contribution < 1.29 is 4.74 Å². The average molecular weight is 220 g/mol. The fraction of sp³-hybridized carbons (Fsp3) is 0.615. The highest BCUT2D eigenvalue weighted by molar-refractivity contribution is 5.21. The zero-order chi connectivity index (χ0) is 11.4. The highest BCUT2D eigenvalue weighted by Gasteiger charge is 2.38. The summed E-state index contributed by atoms with van der Waals surface area (Å²) in [5.41, 5.74) is 2.49. The molecule has 1 aromatic rings. The van der Waals surface area contributed by atoms with Crippen LogP contribution in [0.5, 0.6) is 0 Å². The second-order valence-corrected chi connectivity index (χ2v) is 4.56. The number of aromatic nitrogens is 1. The predicted octanol–water partition coefficient (Wildman–Crippen LogP) is 1.73. The van der Waals surface area contributed by atoms with Crippen molar-refractivity contribution in [1.29, 1.82) is 0 Å². The van der Waals surface area contributed by atoms with Gasteiger partial charge in [0.2, 0.25) is 0 Å². The van der Waals surface area contributed by atoms with Crippen LogP contribution in [0.3, 0.4) is 0 Å². The average Bonchev–Trinajstić information content (AvgIpc) is 3.05. The molecule has 16 heavy (non-hydrogen) atoms. The van der Waals surface area contributed by atoms with Gasteiger partial charge in [-0.1, -0.05) is 6.07 Å². The summed E-state index contributed by atoms with van der Waals surface area (Å²) in [6.07, 6.45) is 3.24. The number of nitrogens with one attached hydrogen (secondary N) is 1. The normalized spacial score (nSPS) is 23.4. The maximum absolute atomic E-state index is 4.99. The van der Waals surface area contributed by atoms with E-state index in [1.807, 2.05) is 6.20 Å². The Hall–Kier alpha value is -0.930. The minimum absolute atomic E-state index is 0.677. The summed E-state index contributed by atoms with van der Waals surface area (Å²) in [4.78, 5) is 4.48. The van der Waals surface area contributed by atoms with Crippen LogP contribution < -0.4 is 5.32 Å². The zero-order valence-electron chi connectivity index (χ0n) is 10.1. The minimum atomic E-state index is 0.677. The summed E-state index contributed by atoms with van der Waals surface area (Å²) in [7, 11) is 1.73. The molecule has 1 N–H and O–H groups in total. The first kappa shape index (κ1) is 11.6. The summed E-state index contributed by atoms with van der Waals surface area (Å²) >= 11 is 0. The van der Waals surface area contributed by atoms with Gasteiger partial charge in [0.1, 0.15) is 0 Å². The van der Waals surface area contributed by atoms with E-state index in [2.05, 4.69) is 29.4 Å². The molecule has 2 unspecified atom stereocenters. The van der Waals surface area contributed by atoms with Crippen LogP contribution in [-0.4, -0.2) is 31.8 Å². The Labute approximate surface area is 97.2 Å². The number of ether oxygens (including phenoxy) is 1. The number of hydrogen-bond acceptors (Lipinski definition) is 3. The Morgan fingerprint density at radius 2 is 2.38 bits per heavy atom. The van der Waals surface area contributed by atoms with Crippen LogP contribution in [0.1, 0.15) is 23.6 Å². The second kappa shape index (κ2) is 5.41. The molecule has 1 aromatic heterocycles. The summed E-state index contributed by atoms with van der Waals surface area (Å²) in [6, 6.07) is 4.31. The van der Waals surface area contributed by atoms with Gasteiger partial charge in [0.05, 0.1) is 6.61 Å². The van der Waals surface area contributed by atoms with E-state index >= 15 is 0 Å². The van der Waals surface area contributed by atoms with E-state index in [9.17, 15) is 0 Å². The van der Waals surface area contributed by atoms with Crippen molar-refractivity contribution >= 4 is 0 Å². The molecule has 2 atom stereocenters. The molecule has 1 aliphatic carbocycles. The van der Waals surface area contributed by atoms with Crippen LogP contribution in [0, 0.1) is 12.8 Å². The second-order valence-electron chi connectivity index (χ2n) is 4.56. The van der Waals surface area contributed by atoms with Crippen LogP contribution in [0.4, 0.5) is 0 Å². The van der Waals surface area contributed by atoms with Crippen molar-refractivity contribution in [2.24, 2.45) is 5.92 Å². The van der Waals surface area contributed by atoms with Crippen LogP contribution in [0.25, 0.3) is 0 Å². The number of hydrogen-bond donors (Lipinski definition) is 1. The lowest BCUT2D eigenvalue weighted by Gasteiger charge is -2.03. The number of pyridine rings is 1. The standard InChI is InChI=1S/C13H20N2O/c1-10-3-4-13(15-8-10)12-7-11(12)9-14-5-6-16-2/h3-4,8,11-12,14H,5-7,9H2,1-2H3. The molecule has 1 fully saturated rings. The van der Waals surface area contributed by atoms with Gasteiger partial charge in [-0.25, -0.2) is 0 Å². The maximum Gasteiger partial charge on any atom is 0.0587 e. The molecule has 1 heterocycles. The van der Waals surface area contributed by atoms with E-state index in [-0.39, 0.29) is 0 Å². The van der Waals surface area contributed by atoms with Gasteiger partial charge >= 0.3 is 0 Å². The van der Waals surface area contributed by atoms with Crippen molar-refractivity contribution in [2.45, 2.75) is 19.3 Å². The van der Waals surface area contributed by atoms with Gasteiger partial charge in [-0.15, -0.1) is 0 Å². The van der Waals surface area contributed by atoms with Crippen molar-refractivity contribution in [3.63, 3.8) is 0 Å². The van der Waals surface area contributed by atoms with E-state index < -0.39 is 0 Å². The first-order valence-corrected chi connectivity index (χ1v) is 5.93. The molecule has 3 nitrogen and oxygen atoms in total. The van der Waals surface area contributed by atoms with Gasteiger partial charge in [-0.3, -0.25) is 4.98 Å². The lowest BCUT2D eigenvalue weighted by molar-refractivity contribution is 0.199. The molecule has 0 bridgehead atoms. The third-order valence-corrected chi connectivity index (χ3v) is 3.13. The van der Waals surface area contributed by atoms with Crippen LogP contribution in [0.15, 0.2) is 18.3 Å². The highest BCUT2D eigenvalue weighted by atomic mass is 16.5. The molecule has 0 radical (unpaired) electrons. The zero-order valence-corrected chi connectivity index (χ0v) is 10.1. The van der Waals surface area contributed by atoms with E-state index in [1.165, 1.54) is 17.7 Å². The maximum atomic E-state index is 4.99. The van der Waals surface area contributed by atoms with E-state index in [0.717, 1.165) is 25.6 Å². The SMILES string of the molecule is COCCNCC1CC1c1ccc(C)cn1. The number of methoxy groups -OCH3 is 1. The number of aryl methyl sites for hydroxylation is 1. The Morgan fingerprint density at radius 1 is 1.50 bits per heavy atom. The molecule has 1 aliphatic rings. The smallest absolute Gasteiger partial charge is 0.0587 e. The molecular formula is C13H20N2O. The Kier molecular flexibility index (Phi) is 3.91. The summed E-state index contributed by atoms with van der Waals surface area (Å²) in [6.45, 7) is 4.90. The third-order valence-electron chi connectivity index (χ3n) is 3.13. The highest BCUT2D eigenvalue weighted by Crippen LogP contribution is 2.45. The quantitative estimate of drug-likeness (QED) is 0.741. The largest absolute Gasteiger partial charge is 0.383 e. The van der Waals surface area contributed by atoms with Gasteiger partial charge in [0.25, 0.3) is 0 Å². The van der Waals surface area contributed by atoms with Crippen LogP contribution in [0.2, 0.25) is 0 Å². The summed E-state index contributed by atoms with van der Waals surface area (Å²) in [5, 5.41) is 3.41. The number of rotatable bonds is 6. The Bertz CT molecular complexity index is 323. The molecule has 3 heteroatoms. The molecule has 0 spiro atoms. The van der Waals surface area contributed by atoms with E-state index in [1.54, 1.807) is 7.11 Å². The number of nitrogens with zero attached hydrogens (tertiary/aromatic N) is 1. The van der Waals surface area contributed by atoms with Gasteiger partial charge in [-0.2, -0.15) is 0 Å². The minimum Gasteiger partial charge on any atom is -0.383 e. The van der Waals surface area contributed by atoms with Crippen molar-refractivity contribution in [3.05, 3.63) is 29.6 Å². The van der Waals surface area contributed by atoms with E-state index in [4.69, 9.17) is 4.74 Å². The van der Waals surface area contributed by atoms with Crippen LogP contribution >= 0.6 is 0 Å². The molecule has 0 amide bonds. The Morgan fingerprint density at radius 3 is 3.06 bits per heavy atom. The Balaban J connectivity index is 1.72. The molecule has 88 valence electrons. The van der Waals surface area contributed by atoms with Crippen LogP contribution in [-0.2, 0) is 4.74 Å². The van der Waals surface area contributed by atoms with Crippen molar-refractivity contribution in [3.8, 4) is 0 Å². The van der Waals surface area contributed by atoms with E-state index in [0.29, 0.717) is 5.92 Å². The third kappa shape index (κ3) is 3.03. The van der Waals surface area contributed by atoms with Crippen molar-refractivity contribution in [2.75, 3.05) is 26.8 Å². The molecular weight excluding hydrogens is 200 g/mol. The van der Waals surface area contributed by atoms with Crippen molar-refractivity contribution in [1.82, 2.24) is 10.3 Å². The molecule has 0 aromatic carbocycles. The fourth-order valence-electron chi connectivity index (χ4n) is 2.00. The predicted molar refractivity (Wildman–Crippen MR) is 64.6 cm³/mol. The molecule has 1 saturated carbocycles. The lowest BCUT2D eigenvalue weighted by atomic mass is 10.2. The first-order valence-electron chi connectivity index (χ1n) is 5.93. The monoisotopic (exact) mass is 220 g/mol. The summed E-state index contributed by atoms with van der Waals surface area (Å²) < 4.78 is 4.99. The molecule has 0 aliphatic heterocycles. The topological polar surface area (TPSA) is 34.1 Å². The molecule has 0 saturated heterocycles. The lowest BCUT2D eigenvalue weighted by Crippen LogP contribution is -2.21. The molecule has 2 rings (SSSR count). The van der Waals surface area contributed by atoms with Gasteiger partial charge < -0.3 is 10.1 Å². The summed E-state index contributed by atoms with van der Waals surface area (Å²) in [5.74, 6) is 1.45. The van der Waals surface area contributed by atoms with Gasteiger partial charge in [0, 0.05) is 31.5 Å². The fourth-order valence-corrected chi connectivity index (χ4v) is 2.00. The first-order chi connectivity index (χ1) is 7.81. The van der Waals surface area contributed by atoms with Gasteiger partial charge in [-0.05, 0) is 37.4 Å².